The zero-order chi connectivity index (χ0) is 15.1. The van der Waals surface area contributed by atoms with Crippen LogP contribution in [0.25, 0.3) is 0 Å². The van der Waals surface area contributed by atoms with Crippen molar-refractivity contribution in [2.45, 2.75) is 39.7 Å². The molecule has 3 N–H and O–H groups in total. The van der Waals surface area contributed by atoms with E-state index in [0.29, 0.717) is 17.2 Å². The lowest BCUT2D eigenvalue weighted by molar-refractivity contribution is -0.136. The van der Waals surface area contributed by atoms with E-state index >= 15 is 0 Å². The molecule has 5 heteroatoms. The minimum absolute atomic E-state index is 0.0548. The first kappa shape index (κ1) is 16.0. The third kappa shape index (κ3) is 5.30. The average molecular weight is 278 g/mol. The topological polar surface area (TPSA) is 78.4 Å². The molecule has 2 amide bonds. The molecule has 0 heterocycles. The maximum atomic E-state index is 11.9. The van der Waals surface area contributed by atoms with E-state index < -0.39 is 5.97 Å². The fourth-order valence-corrected chi connectivity index (χ4v) is 2.01. The molecule has 0 fully saturated rings. The van der Waals surface area contributed by atoms with Crippen LogP contribution < -0.4 is 10.6 Å². The van der Waals surface area contributed by atoms with Crippen molar-refractivity contribution in [3.05, 3.63) is 29.8 Å². The van der Waals surface area contributed by atoms with Gasteiger partial charge in [-0.2, -0.15) is 0 Å². The van der Waals surface area contributed by atoms with Crippen molar-refractivity contribution < 1.29 is 14.7 Å². The number of carbonyl (C=O) groups excluding carboxylic acids is 1. The van der Waals surface area contributed by atoms with Crippen LogP contribution in [0.15, 0.2) is 24.3 Å². The van der Waals surface area contributed by atoms with Crippen LogP contribution in [0.4, 0.5) is 10.5 Å². The van der Waals surface area contributed by atoms with E-state index in [2.05, 4.69) is 24.5 Å². The van der Waals surface area contributed by atoms with Gasteiger partial charge in [-0.1, -0.05) is 32.9 Å². The molecule has 1 atom stereocenters. The van der Waals surface area contributed by atoms with Crippen molar-refractivity contribution >= 4 is 17.7 Å². The van der Waals surface area contributed by atoms with Crippen molar-refractivity contribution in [2.24, 2.45) is 5.92 Å². The maximum absolute atomic E-state index is 11.9. The molecule has 5 nitrogen and oxygen atoms in total. The van der Waals surface area contributed by atoms with Gasteiger partial charge in [0.1, 0.15) is 0 Å². The van der Waals surface area contributed by atoms with E-state index in [1.54, 1.807) is 24.3 Å². The highest BCUT2D eigenvalue weighted by Gasteiger charge is 2.14. The van der Waals surface area contributed by atoms with Gasteiger partial charge in [-0.15, -0.1) is 0 Å². The first-order valence-electron chi connectivity index (χ1n) is 6.80. The number of carboxylic acid groups (broad SMARTS) is 1. The number of nitrogens with one attached hydrogen (secondary N) is 2. The molecule has 0 aromatic heterocycles. The van der Waals surface area contributed by atoms with Gasteiger partial charge >= 0.3 is 12.0 Å². The first-order valence-corrected chi connectivity index (χ1v) is 6.80. The largest absolute Gasteiger partial charge is 0.481 e. The summed E-state index contributed by atoms with van der Waals surface area (Å²) in [4.78, 5) is 22.5. The van der Waals surface area contributed by atoms with Gasteiger partial charge in [0.15, 0.2) is 0 Å². The van der Waals surface area contributed by atoms with Gasteiger partial charge in [0.05, 0.1) is 6.42 Å². The second-order valence-corrected chi connectivity index (χ2v) is 5.13. The summed E-state index contributed by atoms with van der Waals surface area (Å²) in [6.07, 6.45) is 0.810. The van der Waals surface area contributed by atoms with Crippen LogP contribution in [0, 0.1) is 5.92 Å². The number of hydrogen-bond donors (Lipinski definition) is 3. The van der Waals surface area contributed by atoms with Gasteiger partial charge in [-0.3, -0.25) is 4.79 Å². The van der Waals surface area contributed by atoms with E-state index in [1.807, 2.05) is 6.92 Å². The van der Waals surface area contributed by atoms with Gasteiger partial charge in [-0.05, 0) is 30.0 Å². The molecule has 1 unspecified atom stereocenters. The Labute approximate surface area is 119 Å². The minimum atomic E-state index is -0.891. The molecule has 0 saturated heterocycles. The maximum Gasteiger partial charge on any atom is 0.319 e. The van der Waals surface area contributed by atoms with E-state index in [-0.39, 0.29) is 18.5 Å². The number of benzene rings is 1. The number of aliphatic carboxylic acids is 1. The van der Waals surface area contributed by atoms with E-state index in [0.717, 1.165) is 6.42 Å². The highest BCUT2D eigenvalue weighted by molar-refractivity contribution is 5.89. The number of rotatable bonds is 6. The monoisotopic (exact) mass is 278 g/mol. The summed E-state index contributed by atoms with van der Waals surface area (Å²) in [5.41, 5.74) is 1.26. The number of anilines is 1. The molecule has 110 valence electrons. The summed E-state index contributed by atoms with van der Waals surface area (Å²) < 4.78 is 0. The van der Waals surface area contributed by atoms with Crippen molar-refractivity contribution in [3.63, 3.8) is 0 Å². The third-order valence-electron chi connectivity index (χ3n) is 3.10. The molecular weight excluding hydrogens is 256 g/mol. The lowest BCUT2D eigenvalue weighted by atomic mass is 10.0. The summed E-state index contributed by atoms with van der Waals surface area (Å²) in [5.74, 6) is -0.526. The molecule has 1 rings (SSSR count). The summed E-state index contributed by atoms with van der Waals surface area (Å²) in [6, 6.07) is 6.72. The second-order valence-electron chi connectivity index (χ2n) is 5.13. The Bertz CT molecular complexity index is 472. The predicted octanol–water partition coefficient (Wildman–Crippen LogP) is 2.87. The minimum Gasteiger partial charge on any atom is -0.481 e. The Balaban J connectivity index is 2.63. The summed E-state index contributed by atoms with van der Waals surface area (Å²) in [6.45, 7) is 6.14. The van der Waals surface area contributed by atoms with Crippen LogP contribution in [-0.4, -0.2) is 23.1 Å². The fourth-order valence-electron chi connectivity index (χ4n) is 2.01. The van der Waals surface area contributed by atoms with Crippen LogP contribution in [0.2, 0.25) is 0 Å². The Hall–Kier alpha value is -2.04. The van der Waals surface area contributed by atoms with Crippen LogP contribution in [0.5, 0.6) is 0 Å². The molecular formula is C15H22N2O3. The molecule has 0 aliphatic rings. The van der Waals surface area contributed by atoms with Gasteiger partial charge < -0.3 is 15.7 Å². The van der Waals surface area contributed by atoms with Crippen molar-refractivity contribution in [1.29, 1.82) is 0 Å². The summed E-state index contributed by atoms with van der Waals surface area (Å²) >= 11 is 0. The molecule has 20 heavy (non-hydrogen) atoms. The molecule has 1 aromatic rings. The number of carbonyl (C=O) groups is 2. The normalized spacial score (nSPS) is 12.0. The standard InChI is InChI=1S/C15H22N2O3/c1-4-13(10(2)3)17-15(20)16-12-7-5-6-11(8-12)9-14(18)19/h5-8,10,13H,4,9H2,1-3H3,(H,18,19)(H2,16,17,20). The summed E-state index contributed by atoms with van der Waals surface area (Å²) in [7, 11) is 0. The van der Waals surface area contributed by atoms with Crippen molar-refractivity contribution in [1.82, 2.24) is 5.32 Å². The van der Waals surface area contributed by atoms with Crippen LogP contribution in [0.1, 0.15) is 32.8 Å². The van der Waals surface area contributed by atoms with E-state index in [4.69, 9.17) is 5.11 Å². The molecule has 0 aliphatic heterocycles. The average Bonchev–Trinajstić information content (AvgIpc) is 2.35. The lowest BCUT2D eigenvalue weighted by Gasteiger charge is -2.21. The summed E-state index contributed by atoms with van der Waals surface area (Å²) in [5, 5.41) is 14.4. The lowest BCUT2D eigenvalue weighted by Crippen LogP contribution is -2.40. The second kappa shape index (κ2) is 7.53. The van der Waals surface area contributed by atoms with Gasteiger partial charge in [-0.25, -0.2) is 4.79 Å². The highest BCUT2D eigenvalue weighted by atomic mass is 16.4. The van der Waals surface area contributed by atoms with Crippen LogP contribution in [0.3, 0.4) is 0 Å². The molecule has 0 aliphatic carbocycles. The van der Waals surface area contributed by atoms with Crippen LogP contribution in [-0.2, 0) is 11.2 Å². The Kier molecular flexibility index (Phi) is 6.03. The zero-order valence-corrected chi connectivity index (χ0v) is 12.1. The molecule has 1 aromatic carbocycles. The van der Waals surface area contributed by atoms with Gasteiger partial charge in [0, 0.05) is 11.7 Å². The van der Waals surface area contributed by atoms with E-state index in [1.165, 1.54) is 0 Å². The van der Waals surface area contributed by atoms with Gasteiger partial charge in [0.25, 0.3) is 0 Å². The predicted molar refractivity (Wildman–Crippen MR) is 78.9 cm³/mol. The number of hydrogen-bond acceptors (Lipinski definition) is 2. The number of carboxylic acids is 1. The molecule has 0 saturated carbocycles. The Morgan fingerprint density at radius 2 is 2.00 bits per heavy atom. The quantitative estimate of drug-likeness (QED) is 0.748. The number of amides is 2. The van der Waals surface area contributed by atoms with E-state index in [9.17, 15) is 9.59 Å². The number of urea groups is 1. The molecule has 0 spiro atoms. The zero-order valence-electron chi connectivity index (χ0n) is 12.1. The smallest absolute Gasteiger partial charge is 0.319 e. The fraction of sp³-hybridized carbons (Fsp3) is 0.467. The third-order valence-corrected chi connectivity index (χ3v) is 3.10. The van der Waals surface area contributed by atoms with Gasteiger partial charge in [0.2, 0.25) is 0 Å². The van der Waals surface area contributed by atoms with Crippen molar-refractivity contribution in [3.8, 4) is 0 Å². The first-order chi connectivity index (χ1) is 9.42. The van der Waals surface area contributed by atoms with Crippen molar-refractivity contribution in [2.75, 3.05) is 5.32 Å². The Morgan fingerprint density at radius 3 is 2.55 bits per heavy atom. The molecule has 0 radical (unpaired) electrons. The SMILES string of the molecule is CCC(NC(=O)Nc1cccc(CC(=O)O)c1)C(C)C. The highest BCUT2D eigenvalue weighted by Crippen LogP contribution is 2.12. The Morgan fingerprint density at radius 1 is 1.30 bits per heavy atom. The molecule has 0 bridgehead atoms. The van der Waals surface area contributed by atoms with Crippen LogP contribution >= 0.6 is 0 Å².